The van der Waals surface area contributed by atoms with Crippen molar-refractivity contribution in [3.05, 3.63) is 24.3 Å². The number of hydrogen-bond donors (Lipinski definition) is 1. The Kier molecular flexibility index (Phi) is 2.91. The van der Waals surface area contributed by atoms with E-state index in [4.69, 9.17) is 0 Å². The van der Waals surface area contributed by atoms with Crippen molar-refractivity contribution in [2.75, 3.05) is 11.4 Å². The summed E-state index contributed by atoms with van der Waals surface area (Å²) in [7, 11) is 0. The first-order valence-electron chi connectivity index (χ1n) is 6.11. The Morgan fingerprint density at radius 2 is 2.22 bits per heavy atom. The smallest absolute Gasteiger partial charge is 0.326 e. The fraction of sp³-hybridized carbons (Fsp3) is 0.385. The van der Waals surface area contributed by atoms with E-state index < -0.39 is 12.0 Å². The Bertz CT molecular complexity index is 581. The first-order valence-corrected chi connectivity index (χ1v) is 6.88. The summed E-state index contributed by atoms with van der Waals surface area (Å²) >= 11 is 1.44. The Hall–Kier alpha value is -1.62. The van der Waals surface area contributed by atoms with Crippen LogP contribution in [-0.2, 0) is 4.79 Å². The van der Waals surface area contributed by atoms with Crippen molar-refractivity contribution < 1.29 is 9.90 Å². The van der Waals surface area contributed by atoms with Gasteiger partial charge in [-0.1, -0.05) is 12.1 Å². The van der Waals surface area contributed by atoms with Gasteiger partial charge in [0, 0.05) is 11.9 Å². The molecule has 1 aromatic carbocycles. The standard InChI is InChI=1S/C13H14N2O2S/c16-13(17)10-6-3-4-8-15(10)12-9-5-1-2-7-11(9)18-14-12/h1-2,5,7,10H,3-4,6,8H2,(H,16,17). The van der Waals surface area contributed by atoms with Gasteiger partial charge in [-0.25, -0.2) is 4.79 Å². The normalized spacial score (nSPS) is 20.2. The van der Waals surface area contributed by atoms with Crippen LogP contribution >= 0.6 is 11.5 Å². The molecule has 1 fully saturated rings. The van der Waals surface area contributed by atoms with Gasteiger partial charge in [0.05, 0.1) is 4.70 Å². The van der Waals surface area contributed by atoms with Crippen molar-refractivity contribution in [1.82, 2.24) is 4.37 Å². The number of hydrogen-bond acceptors (Lipinski definition) is 4. The molecule has 4 nitrogen and oxygen atoms in total. The minimum absolute atomic E-state index is 0.427. The number of nitrogens with zero attached hydrogens (tertiary/aromatic N) is 2. The molecule has 18 heavy (non-hydrogen) atoms. The number of fused-ring (bicyclic) bond motifs is 1. The highest BCUT2D eigenvalue weighted by atomic mass is 32.1. The van der Waals surface area contributed by atoms with Gasteiger partial charge in [-0.2, -0.15) is 4.37 Å². The highest BCUT2D eigenvalue weighted by molar-refractivity contribution is 7.13. The van der Waals surface area contributed by atoms with Crippen LogP contribution in [0.3, 0.4) is 0 Å². The van der Waals surface area contributed by atoms with E-state index >= 15 is 0 Å². The van der Waals surface area contributed by atoms with Crippen molar-refractivity contribution >= 4 is 33.4 Å². The molecule has 3 rings (SSSR count). The molecule has 0 spiro atoms. The van der Waals surface area contributed by atoms with Gasteiger partial charge in [0.2, 0.25) is 0 Å². The van der Waals surface area contributed by atoms with Crippen LogP contribution in [0.1, 0.15) is 19.3 Å². The zero-order chi connectivity index (χ0) is 12.5. The number of aromatic nitrogens is 1. The molecule has 1 unspecified atom stereocenters. The summed E-state index contributed by atoms with van der Waals surface area (Å²) in [6, 6.07) is 7.57. The third-order valence-electron chi connectivity index (χ3n) is 3.42. The third kappa shape index (κ3) is 1.84. The van der Waals surface area contributed by atoms with Crippen LogP contribution in [0.5, 0.6) is 0 Å². The van der Waals surface area contributed by atoms with Crippen LogP contribution < -0.4 is 4.90 Å². The van der Waals surface area contributed by atoms with Gasteiger partial charge in [-0.15, -0.1) is 0 Å². The summed E-state index contributed by atoms with van der Waals surface area (Å²) in [5.74, 6) is 0.0921. The van der Waals surface area contributed by atoms with Crippen LogP contribution in [0.25, 0.3) is 10.1 Å². The van der Waals surface area contributed by atoms with Crippen molar-refractivity contribution in [2.24, 2.45) is 0 Å². The lowest BCUT2D eigenvalue weighted by Crippen LogP contribution is -2.45. The molecule has 1 aliphatic heterocycles. The van der Waals surface area contributed by atoms with E-state index in [0.717, 1.165) is 35.3 Å². The summed E-state index contributed by atoms with van der Waals surface area (Å²) in [6.07, 6.45) is 2.73. The van der Waals surface area contributed by atoms with E-state index in [1.54, 1.807) is 0 Å². The highest BCUT2D eigenvalue weighted by Crippen LogP contribution is 2.33. The topological polar surface area (TPSA) is 53.4 Å². The molecule has 0 saturated carbocycles. The molecule has 1 saturated heterocycles. The monoisotopic (exact) mass is 262 g/mol. The number of carboxylic acids is 1. The average Bonchev–Trinajstić information content (AvgIpc) is 2.82. The summed E-state index contributed by atoms with van der Waals surface area (Å²) < 4.78 is 5.57. The molecule has 1 aromatic heterocycles. The maximum absolute atomic E-state index is 11.3. The van der Waals surface area contributed by atoms with Crippen LogP contribution in [0, 0.1) is 0 Å². The molecule has 1 aliphatic rings. The molecule has 5 heteroatoms. The second-order valence-electron chi connectivity index (χ2n) is 4.55. The zero-order valence-electron chi connectivity index (χ0n) is 9.87. The molecule has 0 aliphatic carbocycles. The predicted octanol–water partition coefficient (Wildman–Crippen LogP) is 2.74. The SMILES string of the molecule is O=C(O)C1CCCCN1c1nsc2ccccc12. The first kappa shape index (κ1) is 11.5. The number of rotatable bonds is 2. The summed E-state index contributed by atoms with van der Waals surface area (Å²) in [6.45, 7) is 0.782. The molecule has 0 bridgehead atoms. The van der Waals surface area contributed by atoms with Gasteiger partial charge in [0.15, 0.2) is 5.82 Å². The third-order valence-corrected chi connectivity index (χ3v) is 4.24. The Balaban J connectivity index is 2.04. The number of carbonyl (C=O) groups is 1. The first-order chi connectivity index (χ1) is 8.77. The highest BCUT2D eigenvalue weighted by Gasteiger charge is 2.30. The van der Waals surface area contributed by atoms with Gasteiger partial charge in [0.25, 0.3) is 0 Å². The van der Waals surface area contributed by atoms with E-state index in [1.165, 1.54) is 11.5 Å². The van der Waals surface area contributed by atoms with E-state index in [0.29, 0.717) is 6.42 Å². The fourth-order valence-electron chi connectivity index (χ4n) is 2.52. The Labute approximate surface area is 109 Å². The Morgan fingerprint density at radius 3 is 3.06 bits per heavy atom. The number of aliphatic carboxylic acids is 1. The van der Waals surface area contributed by atoms with Gasteiger partial charge in [-0.3, -0.25) is 0 Å². The van der Waals surface area contributed by atoms with Crippen LogP contribution in [0.4, 0.5) is 5.82 Å². The lowest BCUT2D eigenvalue weighted by atomic mass is 10.0. The number of carboxylic acid groups (broad SMARTS) is 1. The molecule has 2 heterocycles. The summed E-state index contributed by atoms with van der Waals surface area (Å²) in [4.78, 5) is 13.3. The van der Waals surface area contributed by atoms with Gasteiger partial charge < -0.3 is 10.0 Å². The maximum Gasteiger partial charge on any atom is 0.326 e. The van der Waals surface area contributed by atoms with Crippen LogP contribution in [0.15, 0.2) is 24.3 Å². The molecule has 94 valence electrons. The average molecular weight is 262 g/mol. The predicted molar refractivity (Wildman–Crippen MR) is 72.2 cm³/mol. The van der Waals surface area contributed by atoms with Gasteiger partial charge in [-0.05, 0) is 42.9 Å². The minimum Gasteiger partial charge on any atom is -0.480 e. The minimum atomic E-state index is -0.744. The second kappa shape index (κ2) is 4.57. The van der Waals surface area contributed by atoms with Crippen molar-refractivity contribution in [2.45, 2.75) is 25.3 Å². The van der Waals surface area contributed by atoms with E-state index in [1.807, 2.05) is 29.2 Å². The second-order valence-corrected chi connectivity index (χ2v) is 5.35. The quantitative estimate of drug-likeness (QED) is 0.904. The van der Waals surface area contributed by atoms with E-state index in [-0.39, 0.29) is 0 Å². The van der Waals surface area contributed by atoms with E-state index in [2.05, 4.69) is 4.37 Å². The molecule has 1 atom stereocenters. The maximum atomic E-state index is 11.3. The molecule has 0 amide bonds. The zero-order valence-corrected chi connectivity index (χ0v) is 10.7. The molecular formula is C13H14N2O2S. The van der Waals surface area contributed by atoms with Crippen LogP contribution in [-0.4, -0.2) is 28.0 Å². The molecule has 1 N–H and O–H groups in total. The number of benzene rings is 1. The fourth-order valence-corrected chi connectivity index (χ4v) is 3.31. The van der Waals surface area contributed by atoms with Crippen molar-refractivity contribution in [1.29, 1.82) is 0 Å². The van der Waals surface area contributed by atoms with Gasteiger partial charge in [0.1, 0.15) is 6.04 Å². The molecule has 0 radical (unpaired) electrons. The summed E-state index contributed by atoms with van der Waals surface area (Å²) in [5, 5.41) is 10.4. The Morgan fingerprint density at radius 1 is 1.39 bits per heavy atom. The molecular weight excluding hydrogens is 248 g/mol. The lowest BCUT2D eigenvalue weighted by Gasteiger charge is -2.33. The molecule has 2 aromatic rings. The van der Waals surface area contributed by atoms with Crippen LogP contribution in [0.2, 0.25) is 0 Å². The lowest BCUT2D eigenvalue weighted by molar-refractivity contribution is -0.139. The van der Waals surface area contributed by atoms with E-state index in [9.17, 15) is 9.90 Å². The summed E-state index contributed by atoms with van der Waals surface area (Å²) in [5.41, 5.74) is 0. The van der Waals surface area contributed by atoms with Crippen molar-refractivity contribution in [3.8, 4) is 0 Å². The number of piperidine rings is 1. The van der Waals surface area contributed by atoms with Crippen molar-refractivity contribution in [3.63, 3.8) is 0 Å². The largest absolute Gasteiger partial charge is 0.480 e. The van der Waals surface area contributed by atoms with Gasteiger partial charge >= 0.3 is 5.97 Å². The number of anilines is 1.